The van der Waals surface area contributed by atoms with E-state index in [1.165, 1.54) is 18.5 Å². The molecule has 1 saturated heterocycles. The molecule has 3 rings (SSSR count). The van der Waals surface area contributed by atoms with Crippen LogP contribution in [0.15, 0.2) is 30.6 Å². The standard InChI is InChI=1S/C21H26FN7O4/c1-21(2,10-13-5-7-14(22)8-6-13)27-18-17(29(32)33)19(26-12-25-18)28-9-3-4-15(28)20(31)24-11-16(23)30/h5-8,12,15H,3-4,9-11H2,1-2H3,(H2,23,30)(H,24,31)(H,25,26,27). The van der Waals surface area contributed by atoms with E-state index in [2.05, 4.69) is 20.6 Å². The zero-order valence-electron chi connectivity index (χ0n) is 18.4. The summed E-state index contributed by atoms with van der Waals surface area (Å²) in [6, 6.07) is 5.29. The second-order valence-electron chi connectivity index (χ2n) is 8.50. The number of carbonyl (C=O) groups excluding carboxylic acids is 2. The summed E-state index contributed by atoms with van der Waals surface area (Å²) >= 11 is 0. The number of nitro groups is 1. The number of halogens is 1. The second kappa shape index (κ2) is 9.76. The van der Waals surface area contributed by atoms with Crippen molar-refractivity contribution in [3.05, 3.63) is 52.1 Å². The average molecular weight is 459 g/mol. The highest BCUT2D eigenvalue weighted by Crippen LogP contribution is 2.37. The lowest BCUT2D eigenvalue weighted by Crippen LogP contribution is -2.46. The molecule has 1 aromatic carbocycles. The highest BCUT2D eigenvalue weighted by Gasteiger charge is 2.38. The van der Waals surface area contributed by atoms with Crippen molar-refractivity contribution in [3.63, 3.8) is 0 Å². The molecule has 1 atom stereocenters. The number of amides is 2. The average Bonchev–Trinajstić information content (AvgIpc) is 3.22. The first kappa shape index (κ1) is 23.8. The summed E-state index contributed by atoms with van der Waals surface area (Å²) < 4.78 is 13.2. The number of aromatic nitrogens is 2. The van der Waals surface area contributed by atoms with Gasteiger partial charge < -0.3 is 21.3 Å². The van der Waals surface area contributed by atoms with Crippen LogP contribution in [0.1, 0.15) is 32.3 Å². The Kier molecular flexibility index (Phi) is 7.04. The fourth-order valence-electron chi connectivity index (χ4n) is 3.90. The van der Waals surface area contributed by atoms with Crippen molar-refractivity contribution >= 4 is 29.1 Å². The first-order valence-corrected chi connectivity index (χ1v) is 10.4. The molecule has 2 heterocycles. The van der Waals surface area contributed by atoms with Gasteiger partial charge in [0.15, 0.2) is 0 Å². The van der Waals surface area contributed by atoms with Crippen molar-refractivity contribution < 1.29 is 18.9 Å². The minimum atomic E-state index is -0.724. The number of nitrogens with one attached hydrogen (secondary N) is 2. The van der Waals surface area contributed by atoms with Crippen molar-refractivity contribution in [2.24, 2.45) is 5.73 Å². The number of nitrogens with zero attached hydrogens (tertiary/aromatic N) is 4. The van der Waals surface area contributed by atoms with Crippen LogP contribution in [0.2, 0.25) is 0 Å². The summed E-state index contributed by atoms with van der Waals surface area (Å²) in [4.78, 5) is 44.7. The molecule has 12 heteroatoms. The van der Waals surface area contributed by atoms with Gasteiger partial charge in [0.05, 0.1) is 11.5 Å². The molecule has 0 spiro atoms. The van der Waals surface area contributed by atoms with E-state index < -0.39 is 28.3 Å². The monoisotopic (exact) mass is 459 g/mol. The molecule has 0 saturated carbocycles. The Balaban J connectivity index is 1.87. The highest BCUT2D eigenvalue weighted by molar-refractivity contribution is 5.90. The zero-order valence-corrected chi connectivity index (χ0v) is 18.4. The molecule has 1 unspecified atom stereocenters. The van der Waals surface area contributed by atoms with E-state index in [-0.39, 0.29) is 29.7 Å². The SMILES string of the molecule is CC(C)(Cc1ccc(F)cc1)Nc1ncnc(N2CCCC2C(=O)NCC(N)=O)c1[N+](=O)[O-]. The predicted molar refractivity (Wildman–Crippen MR) is 119 cm³/mol. The minimum absolute atomic E-state index is 0.0142. The number of hydrogen-bond donors (Lipinski definition) is 3. The Morgan fingerprint density at radius 3 is 2.64 bits per heavy atom. The fourth-order valence-corrected chi connectivity index (χ4v) is 3.90. The lowest BCUT2D eigenvalue weighted by atomic mass is 9.95. The van der Waals surface area contributed by atoms with Crippen LogP contribution in [0.5, 0.6) is 0 Å². The molecule has 0 bridgehead atoms. The van der Waals surface area contributed by atoms with E-state index in [1.807, 2.05) is 13.8 Å². The van der Waals surface area contributed by atoms with Crippen molar-refractivity contribution in [1.29, 1.82) is 0 Å². The van der Waals surface area contributed by atoms with Gasteiger partial charge in [-0.1, -0.05) is 12.1 Å². The summed E-state index contributed by atoms with van der Waals surface area (Å²) in [7, 11) is 0. The molecule has 0 radical (unpaired) electrons. The normalized spacial score (nSPS) is 15.8. The zero-order chi connectivity index (χ0) is 24.2. The van der Waals surface area contributed by atoms with Crippen molar-refractivity contribution in [1.82, 2.24) is 15.3 Å². The van der Waals surface area contributed by atoms with E-state index in [0.717, 1.165) is 5.56 Å². The van der Waals surface area contributed by atoms with E-state index in [1.54, 1.807) is 17.0 Å². The van der Waals surface area contributed by atoms with Gasteiger partial charge >= 0.3 is 5.69 Å². The Bertz CT molecular complexity index is 1050. The van der Waals surface area contributed by atoms with E-state index in [0.29, 0.717) is 25.8 Å². The van der Waals surface area contributed by atoms with E-state index in [4.69, 9.17) is 5.73 Å². The number of carbonyl (C=O) groups is 2. The summed E-state index contributed by atoms with van der Waals surface area (Å²) in [6.45, 7) is 3.75. The lowest BCUT2D eigenvalue weighted by molar-refractivity contribution is -0.383. The van der Waals surface area contributed by atoms with Crippen LogP contribution in [-0.2, 0) is 16.0 Å². The van der Waals surface area contributed by atoms with Gasteiger partial charge in [-0.2, -0.15) is 0 Å². The van der Waals surface area contributed by atoms with Gasteiger partial charge in [-0.15, -0.1) is 0 Å². The molecule has 0 aliphatic carbocycles. The fraction of sp³-hybridized carbons (Fsp3) is 0.429. The smallest absolute Gasteiger partial charge is 0.353 e. The molecule has 1 fully saturated rings. The highest BCUT2D eigenvalue weighted by atomic mass is 19.1. The third-order valence-electron chi connectivity index (χ3n) is 5.27. The largest absolute Gasteiger partial charge is 0.368 e. The number of primary amides is 1. The number of anilines is 2. The third-order valence-corrected chi connectivity index (χ3v) is 5.27. The molecule has 2 aromatic rings. The summed E-state index contributed by atoms with van der Waals surface area (Å²) in [6.07, 6.45) is 2.72. The van der Waals surface area contributed by atoms with Gasteiger partial charge in [0.25, 0.3) is 0 Å². The second-order valence-corrected chi connectivity index (χ2v) is 8.50. The molecule has 2 amide bonds. The van der Waals surface area contributed by atoms with E-state index >= 15 is 0 Å². The molecule has 1 aromatic heterocycles. The minimum Gasteiger partial charge on any atom is -0.368 e. The van der Waals surface area contributed by atoms with Crippen molar-refractivity contribution in [2.45, 2.75) is 44.7 Å². The quantitative estimate of drug-likeness (QED) is 0.376. The first-order chi connectivity index (χ1) is 15.6. The maximum absolute atomic E-state index is 13.2. The number of nitrogens with two attached hydrogens (primary N) is 1. The Morgan fingerprint density at radius 2 is 2.00 bits per heavy atom. The van der Waals surface area contributed by atoms with Gasteiger partial charge in [0, 0.05) is 12.1 Å². The topological polar surface area (TPSA) is 156 Å². The van der Waals surface area contributed by atoms with Crippen LogP contribution in [0.25, 0.3) is 0 Å². The summed E-state index contributed by atoms with van der Waals surface area (Å²) in [5.74, 6) is -1.45. The van der Waals surface area contributed by atoms with Gasteiger partial charge in [0.2, 0.25) is 23.5 Å². The molecular formula is C21H26FN7O4. The summed E-state index contributed by atoms with van der Waals surface area (Å²) in [5.41, 5.74) is 4.91. The van der Waals surface area contributed by atoms with Crippen molar-refractivity contribution in [3.8, 4) is 0 Å². The Labute approximate surface area is 189 Å². The molecule has 176 valence electrons. The first-order valence-electron chi connectivity index (χ1n) is 10.4. The van der Waals surface area contributed by atoms with Crippen LogP contribution in [0.3, 0.4) is 0 Å². The molecular weight excluding hydrogens is 433 g/mol. The maximum Gasteiger partial charge on any atom is 0.353 e. The van der Waals surface area contributed by atoms with Crippen LogP contribution in [0.4, 0.5) is 21.7 Å². The Morgan fingerprint density at radius 1 is 1.30 bits per heavy atom. The van der Waals surface area contributed by atoms with Crippen LogP contribution in [-0.4, -0.2) is 51.4 Å². The third kappa shape index (κ3) is 5.90. The van der Waals surface area contributed by atoms with Crippen molar-refractivity contribution in [2.75, 3.05) is 23.3 Å². The number of hydrogen-bond acceptors (Lipinski definition) is 8. The molecule has 1 aliphatic heterocycles. The van der Waals surface area contributed by atoms with Crippen LogP contribution >= 0.6 is 0 Å². The Hall–Kier alpha value is -3.83. The van der Waals surface area contributed by atoms with Gasteiger partial charge in [0.1, 0.15) is 18.2 Å². The molecule has 4 N–H and O–H groups in total. The maximum atomic E-state index is 13.2. The van der Waals surface area contributed by atoms with Gasteiger partial charge in [-0.3, -0.25) is 19.7 Å². The number of benzene rings is 1. The molecule has 33 heavy (non-hydrogen) atoms. The summed E-state index contributed by atoms with van der Waals surface area (Å²) in [5, 5.41) is 17.6. The molecule has 11 nitrogen and oxygen atoms in total. The van der Waals surface area contributed by atoms with Crippen LogP contribution < -0.4 is 21.3 Å². The lowest BCUT2D eigenvalue weighted by Gasteiger charge is -2.28. The van der Waals surface area contributed by atoms with Gasteiger partial charge in [-0.05, 0) is 50.8 Å². The van der Waals surface area contributed by atoms with Crippen LogP contribution in [0, 0.1) is 15.9 Å². The predicted octanol–water partition coefficient (Wildman–Crippen LogP) is 1.53. The molecule has 1 aliphatic rings. The number of rotatable bonds is 9. The van der Waals surface area contributed by atoms with Gasteiger partial charge in [-0.25, -0.2) is 14.4 Å². The van der Waals surface area contributed by atoms with E-state index in [9.17, 15) is 24.1 Å².